The summed E-state index contributed by atoms with van der Waals surface area (Å²) in [6, 6.07) is 3.67. The van der Waals surface area contributed by atoms with Crippen LogP contribution in [-0.4, -0.2) is 25.1 Å². The van der Waals surface area contributed by atoms with Gasteiger partial charge in [0, 0.05) is 12.6 Å². The average molecular weight is 279 g/mol. The van der Waals surface area contributed by atoms with E-state index in [1.807, 2.05) is 0 Å². The minimum absolute atomic E-state index is 0.152. The van der Waals surface area contributed by atoms with E-state index in [-0.39, 0.29) is 16.3 Å². The van der Waals surface area contributed by atoms with Crippen LogP contribution in [-0.2, 0) is 9.84 Å². The molecule has 0 aliphatic carbocycles. The molecular weight excluding hydrogens is 268 g/mol. The van der Waals surface area contributed by atoms with E-state index in [1.54, 1.807) is 6.92 Å². The van der Waals surface area contributed by atoms with Crippen molar-refractivity contribution in [3.8, 4) is 0 Å². The molecule has 0 aromatic heterocycles. The van der Waals surface area contributed by atoms with Gasteiger partial charge in [0.05, 0.1) is 9.82 Å². The molecule has 0 fully saturated rings. The molecule has 94 valence electrons. The summed E-state index contributed by atoms with van der Waals surface area (Å²) < 4.78 is 22.9. The Labute approximate surface area is 104 Å². The van der Waals surface area contributed by atoms with Gasteiger partial charge in [0.2, 0.25) is 0 Å². The topological polar surface area (TPSA) is 89.3 Å². The molecule has 0 aliphatic rings. The van der Waals surface area contributed by atoms with Crippen molar-refractivity contribution < 1.29 is 13.3 Å². The molecule has 0 saturated carbocycles. The van der Waals surface area contributed by atoms with E-state index in [0.717, 1.165) is 6.07 Å². The Balaban J connectivity index is 3.33. The first kappa shape index (κ1) is 13.7. The molecule has 1 aromatic rings. The molecular formula is C9H11ClN2O4S. The molecule has 0 radical (unpaired) electrons. The van der Waals surface area contributed by atoms with Crippen molar-refractivity contribution >= 4 is 32.8 Å². The van der Waals surface area contributed by atoms with Gasteiger partial charge in [-0.2, -0.15) is 0 Å². The fourth-order valence-electron chi connectivity index (χ4n) is 1.26. The maximum absolute atomic E-state index is 11.5. The number of sulfone groups is 1. The number of benzene rings is 1. The van der Waals surface area contributed by atoms with E-state index in [2.05, 4.69) is 5.32 Å². The average Bonchev–Trinajstić information content (AvgIpc) is 2.29. The Morgan fingerprint density at radius 2 is 2.12 bits per heavy atom. The number of hydrogen-bond donors (Lipinski definition) is 1. The van der Waals surface area contributed by atoms with Gasteiger partial charge in [-0.3, -0.25) is 10.1 Å². The standard InChI is InChI=1S/C9H11ClN2O4S/c1-2-11-8-4-3-7(17(15,16)6-10)5-9(8)12(13)14/h3-5,11H,2,6H2,1H3. The van der Waals surface area contributed by atoms with Crippen molar-refractivity contribution in [1.29, 1.82) is 0 Å². The van der Waals surface area contributed by atoms with Gasteiger partial charge in [0.25, 0.3) is 5.69 Å². The van der Waals surface area contributed by atoms with Gasteiger partial charge in [0.1, 0.15) is 10.9 Å². The zero-order valence-electron chi connectivity index (χ0n) is 9.01. The first-order valence-corrected chi connectivity index (χ1v) is 6.92. The Kier molecular flexibility index (Phi) is 4.30. The van der Waals surface area contributed by atoms with Crippen molar-refractivity contribution in [2.75, 3.05) is 17.1 Å². The molecule has 8 heteroatoms. The second-order valence-electron chi connectivity index (χ2n) is 3.19. The molecule has 0 aliphatic heterocycles. The number of nitro benzene ring substituents is 1. The van der Waals surface area contributed by atoms with Crippen LogP contribution in [0.25, 0.3) is 0 Å². The lowest BCUT2D eigenvalue weighted by Gasteiger charge is -2.06. The molecule has 0 unspecified atom stereocenters. The number of anilines is 1. The molecule has 0 bridgehead atoms. The van der Waals surface area contributed by atoms with Crippen LogP contribution in [0.4, 0.5) is 11.4 Å². The molecule has 1 aromatic carbocycles. The third-order valence-electron chi connectivity index (χ3n) is 2.04. The van der Waals surface area contributed by atoms with Crippen LogP contribution >= 0.6 is 11.6 Å². The number of hydrogen-bond acceptors (Lipinski definition) is 5. The van der Waals surface area contributed by atoms with Crippen LogP contribution in [0.1, 0.15) is 6.92 Å². The molecule has 0 saturated heterocycles. The summed E-state index contributed by atoms with van der Waals surface area (Å²) in [5.41, 5.74) is 0.00376. The highest BCUT2D eigenvalue weighted by Gasteiger charge is 2.20. The molecule has 0 amide bonds. The number of nitro groups is 1. The first-order chi connectivity index (χ1) is 7.92. The smallest absolute Gasteiger partial charge is 0.293 e. The number of nitrogens with one attached hydrogen (secondary N) is 1. The van der Waals surface area contributed by atoms with Gasteiger partial charge >= 0.3 is 0 Å². The third kappa shape index (κ3) is 3.07. The maximum Gasteiger partial charge on any atom is 0.293 e. The first-order valence-electron chi connectivity index (χ1n) is 4.73. The zero-order valence-corrected chi connectivity index (χ0v) is 10.6. The molecule has 0 atom stereocenters. The zero-order chi connectivity index (χ0) is 13.1. The Morgan fingerprint density at radius 3 is 2.59 bits per heavy atom. The summed E-state index contributed by atoms with van der Waals surface area (Å²) in [6.07, 6.45) is 0. The van der Waals surface area contributed by atoms with Crippen LogP contribution < -0.4 is 5.32 Å². The lowest BCUT2D eigenvalue weighted by atomic mass is 10.2. The number of rotatable bonds is 5. The highest BCUT2D eigenvalue weighted by molar-refractivity contribution is 7.92. The Hall–Kier alpha value is -1.34. The number of nitrogens with zero attached hydrogens (tertiary/aromatic N) is 1. The summed E-state index contributed by atoms with van der Waals surface area (Å²) in [6.45, 7) is 2.29. The highest BCUT2D eigenvalue weighted by atomic mass is 35.5. The second-order valence-corrected chi connectivity index (χ2v) is 5.76. The van der Waals surface area contributed by atoms with Crippen LogP contribution in [0.15, 0.2) is 23.1 Å². The summed E-state index contributed by atoms with van der Waals surface area (Å²) in [5, 5.41) is 13.0. The van der Waals surface area contributed by atoms with Gasteiger partial charge in [-0.15, -0.1) is 11.6 Å². The van der Waals surface area contributed by atoms with Gasteiger partial charge in [-0.1, -0.05) is 0 Å². The summed E-state index contributed by atoms with van der Waals surface area (Å²) >= 11 is 5.29. The predicted octanol–water partition coefficient (Wildman–Crippen LogP) is 2.00. The van der Waals surface area contributed by atoms with E-state index >= 15 is 0 Å². The van der Waals surface area contributed by atoms with Crippen molar-refractivity contribution in [1.82, 2.24) is 0 Å². The largest absolute Gasteiger partial charge is 0.380 e. The van der Waals surface area contributed by atoms with Crippen molar-refractivity contribution in [2.45, 2.75) is 11.8 Å². The lowest BCUT2D eigenvalue weighted by molar-refractivity contribution is -0.384. The number of halogens is 1. The van der Waals surface area contributed by atoms with Crippen molar-refractivity contribution in [3.05, 3.63) is 28.3 Å². The van der Waals surface area contributed by atoms with Crippen LogP contribution in [0, 0.1) is 10.1 Å². The van der Waals surface area contributed by atoms with Crippen LogP contribution in [0.5, 0.6) is 0 Å². The van der Waals surface area contributed by atoms with Crippen LogP contribution in [0.2, 0.25) is 0 Å². The van der Waals surface area contributed by atoms with Crippen molar-refractivity contribution in [2.24, 2.45) is 0 Å². The fourth-order valence-corrected chi connectivity index (χ4v) is 2.33. The highest BCUT2D eigenvalue weighted by Crippen LogP contribution is 2.28. The van der Waals surface area contributed by atoms with E-state index < -0.39 is 20.0 Å². The molecule has 0 spiro atoms. The molecule has 0 heterocycles. The van der Waals surface area contributed by atoms with Crippen LogP contribution in [0.3, 0.4) is 0 Å². The molecule has 1 rings (SSSR count). The predicted molar refractivity (Wildman–Crippen MR) is 65.2 cm³/mol. The third-order valence-corrected chi connectivity index (χ3v) is 4.16. The monoisotopic (exact) mass is 278 g/mol. The SMILES string of the molecule is CCNc1ccc(S(=O)(=O)CCl)cc1[N+](=O)[O-]. The van der Waals surface area contributed by atoms with Gasteiger partial charge in [0.15, 0.2) is 9.84 Å². The maximum atomic E-state index is 11.5. The van der Waals surface area contributed by atoms with Gasteiger partial charge in [-0.05, 0) is 19.1 Å². The minimum atomic E-state index is -3.65. The van der Waals surface area contributed by atoms with E-state index in [1.165, 1.54) is 12.1 Å². The Morgan fingerprint density at radius 1 is 1.47 bits per heavy atom. The second kappa shape index (κ2) is 5.33. The summed E-state index contributed by atoms with van der Waals surface area (Å²) in [5.74, 6) is 0. The summed E-state index contributed by atoms with van der Waals surface area (Å²) in [7, 11) is -3.65. The van der Waals surface area contributed by atoms with Gasteiger partial charge < -0.3 is 5.32 Å². The van der Waals surface area contributed by atoms with Crippen molar-refractivity contribution in [3.63, 3.8) is 0 Å². The minimum Gasteiger partial charge on any atom is -0.380 e. The fraction of sp³-hybridized carbons (Fsp3) is 0.333. The van der Waals surface area contributed by atoms with E-state index in [9.17, 15) is 18.5 Å². The van der Waals surface area contributed by atoms with Gasteiger partial charge in [-0.25, -0.2) is 8.42 Å². The molecule has 6 nitrogen and oxygen atoms in total. The molecule has 17 heavy (non-hydrogen) atoms. The molecule has 1 N–H and O–H groups in total. The number of alkyl halides is 1. The van der Waals surface area contributed by atoms with E-state index in [0.29, 0.717) is 6.54 Å². The lowest BCUT2D eigenvalue weighted by Crippen LogP contribution is -2.05. The quantitative estimate of drug-likeness (QED) is 0.505. The Bertz CT molecular complexity index is 530. The normalized spacial score (nSPS) is 11.2. The van der Waals surface area contributed by atoms with E-state index in [4.69, 9.17) is 11.6 Å². The summed E-state index contributed by atoms with van der Waals surface area (Å²) in [4.78, 5) is 10.0.